The molecule has 7 rings (SSSR count). The van der Waals surface area contributed by atoms with E-state index in [1.165, 1.54) is 6.07 Å². The molecule has 0 saturated carbocycles. The number of phenols is 3. The third kappa shape index (κ3) is 7.41. The van der Waals surface area contributed by atoms with Gasteiger partial charge in [0.2, 0.25) is 5.78 Å². The Kier molecular flexibility index (Phi) is 11.8. The summed E-state index contributed by atoms with van der Waals surface area (Å²) in [4.78, 5) is 55.0. The maximum atomic E-state index is 13.9. The average Bonchev–Trinajstić information content (AvgIpc) is 3.17. The normalized spacial score (nSPS) is 35.0. The van der Waals surface area contributed by atoms with Crippen LogP contribution in [0.15, 0.2) is 18.2 Å². The van der Waals surface area contributed by atoms with Crippen LogP contribution in [0.3, 0.4) is 0 Å². The molecule has 2 aromatic carbocycles. The second kappa shape index (κ2) is 16.2. The van der Waals surface area contributed by atoms with Crippen LogP contribution in [0.2, 0.25) is 0 Å². The van der Waals surface area contributed by atoms with Gasteiger partial charge >= 0.3 is 5.97 Å². The largest absolute Gasteiger partial charge is 0.507 e. The highest BCUT2D eigenvalue weighted by Crippen LogP contribution is 2.54. The van der Waals surface area contributed by atoms with Crippen LogP contribution in [-0.4, -0.2) is 143 Å². The van der Waals surface area contributed by atoms with Crippen molar-refractivity contribution in [2.24, 2.45) is 0 Å². The highest BCUT2D eigenvalue weighted by molar-refractivity contribution is 6.31. The SMILES string of the molecule is CC[C@@]1(O)C[C@H](O[C@H]2C[C@H](N(C)C)[C@H](O[C@H]3C[C@H](O)[C@H](O[C@H]4CCC(=O)[C@H](C)O4)CO3)[C@H](C)O2)c2c(cc3c(c2O)C(=O)c2c(O)ccc(O)c2C3=O)[C@H]1C(=O)OC. The van der Waals surface area contributed by atoms with Gasteiger partial charge in [-0.1, -0.05) is 6.92 Å². The summed E-state index contributed by atoms with van der Waals surface area (Å²) in [6.45, 7) is 5.14. The van der Waals surface area contributed by atoms with E-state index < -0.39 is 118 Å². The van der Waals surface area contributed by atoms with Gasteiger partial charge in [0.1, 0.15) is 41.5 Å². The lowest BCUT2D eigenvalue weighted by Gasteiger charge is -2.47. The number of esters is 1. The Morgan fingerprint density at radius 2 is 1.62 bits per heavy atom. The molecule has 58 heavy (non-hydrogen) atoms. The molecule has 5 aliphatic rings. The first kappa shape index (κ1) is 42.1. The molecule has 0 unspecified atom stereocenters. The highest BCUT2D eigenvalue weighted by atomic mass is 16.7. The number of Topliss-reactive ketones (excluding diaryl/α,β-unsaturated/α-hetero) is 1. The van der Waals surface area contributed by atoms with Crippen molar-refractivity contribution in [2.75, 3.05) is 27.8 Å². The molecular formula is C41H51NO16. The van der Waals surface area contributed by atoms with Crippen LogP contribution >= 0.6 is 0 Å². The van der Waals surface area contributed by atoms with Gasteiger partial charge < -0.3 is 63.6 Å². The number of methoxy groups -OCH3 is 1. The fraction of sp³-hybridized carbons (Fsp3) is 0.610. The van der Waals surface area contributed by atoms with E-state index in [1.807, 2.05) is 19.0 Å². The Bertz CT molecular complexity index is 1970. The molecular weight excluding hydrogens is 762 g/mol. The van der Waals surface area contributed by atoms with E-state index in [9.17, 15) is 44.7 Å². The second-order valence-corrected chi connectivity index (χ2v) is 16.0. The number of carbonyl (C=O) groups excluding carboxylic acids is 4. The first-order valence-corrected chi connectivity index (χ1v) is 19.6. The van der Waals surface area contributed by atoms with Crippen molar-refractivity contribution in [1.29, 1.82) is 0 Å². The molecule has 17 nitrogen and oxygen atoms in total. The molecule has 0 amide bonds. The van der Waals surface area contributed by atoms with Crippen LogP contribution in [0.1, 0.15) is 114 Å². The van der Waals surface area contributed by atoms with Gasteiger partial charge in [0, 0.05) is 49.3 Å². The third-order valence-corrected chi connectivity index (χ3v) is 12.2. The predicted molar refractivity (Wildman–Crippen MR) is 198 cm³/mol. The fourth-order valence-electron chi connectivity index (χ4n) is 9.00. The van der Waals surface area contributed by atoms with Gasteiger partial charge in [-0.2, -0.15) is 0 Å². The zero-order valence-electron chi connectivity index (χ0n) is 33.2. The molecule has 2 aromatic rings. The molecule has 5 N–H and O–H groups in total. The summed E-state index contributed by atoms with van der Waals surface area (Å²) >= 11 is 0. The van der Waals surface area contributed by atoms with E-state index in [2.05, 4.69) is 0 Å². The Labute approximate surface area is 334 Å². The van der Waals surface area contributed by atoms with Crippen LogP contribution < -0.4 is 0 Å². The summed E-state index contributed by atoms with van der Waals surface area (Å²) in [7, 11) is 4.85. The monoisotopic (exact) mass is 813 g/mol. The first-order chi connectivity index (χ1) is 27.5. The second-order valence-electron chi connectivity index (χ2n) is 16.0. The van der Waals surface area contributed by atoms with Crippen molar-refractivity contribution in [3.63, 3.8) is 0 Å². The van der Waals surface area contributed by atoms with E-state index in [0.717, 1.165) is 19.2 Å². The maximum Gasteiger partial charge on any atom is 0.316 e. The Morgan fingerprint density at radius 3 is 2.24 bits per heavy atom. The van der Waals surface area contributed by atoms with Crippen molar-refractivity contribution in [2.45, 2.75) is 132 Å². The molecule has 316 valence electrons. The van der Waals surface area contributed by atoms with Gasteiger partial charge in [-0.05, 0) is 58.1 Å². The number of benzene rings is 2. The topological polar surface area (TPSA) is 237 Å². The minimum atomic E-state index is -1.81. The van der Waals surface area contributed by atoms with E-state index in [1.54, 1.807) is 20.8 Å². The minimum absolute atomic E-state index is 0.000645. The van der Waals surface area contributed by atoms with Crippen molar-refractivity contribution < 1.29 is 77.9 Å². The van der Waals surface area contributed by atoms with Crippen LogP contribution in [-0.2, 0) is 42.7 Å². The minimum Gasteiger partial charge on any atom is -0.507 e. The van der Waals surface area contributed by atoms with Crippen molar-refractivity contribution in [3.8, 4) is 17.2 Å². The molecule has 3 fully saturated rings. The lowest BCUT2D eigenvalue weighted by molar-refractivity contribution is -0.311. The number of fused-ring (bicyclic) bond motifs is 3. The van der Waals surface area contributed by atoms with Gasteiger partial charge in [-0.15, -0.1) is 0 Å². The van der Waals surface area contributed by atoms with Crippen LogP contribution in [0.4, 0.5) is 0 Å². The van der Waals surface area contributed by atoms with Gasteiger partial charge in [-0.25, -0.2) is 0 Å². The molecule has 0 bridgehead atoms. The van der Waals surface area contributed by atoms with Gasteiger partial charge in [0.15, 0.2) is 30.4 Å². The first-order valence-electron chi connectivity index (χ1n) is 19.6. The summed E-state index contributed by atoms with van der Waals surface area (Å²) in [6.07, 6.45) is -6.24. The van der Waals surface area contributed by atoms with Gasteiger partial charge in [0.25, 0.3) is 0 Å². The van der Waals surface area contributed by atoms with E-state index in [4.69, 9.17) is 33.2 Å². The number of aromatic hydroxyl groups is 3. The van der Waals surface area contributed by atoms with Gasteiger partial charge in [-0.3, -0.25) is 19.2 Å². The van der Waals surface area contributed by atoms with Crippen molar-refractivity contribution >= 4 is 23.3 Å². The maximum absolute atomic E-state index is 13.9. The summed E-state index contributed by atoms with van der Waals surface area (Å²) in [6, 6.07) is 3.02. The zero-order valence-corrected chi connectivity index (χ0v) is 33.2. The average molecular weight is 814 g/mol. The Balaban J connectivity index is 1.14. The molecule has 2 aliphatic carbocycles. The molecule has 0 radical (unpaired) electrons. The standard InChI is InChI=1S/C41H51NO16/c1-7-41(51)15-26(31-19(35(41)40(50)52-6)12-20-32(37(31)48)38(49)34-24(45)9-8-23(44)33(34)36(20)47)56-30-13-21(42(4)5)39(18(3)55-30)58-29-14-25(46)27(16-53-29)57-28-11-10-22(43)17(2)54-28/h8-9,12,17-18,21,25-30,35,39,44-46,48,51H,7,10-11,13-16H2,1-6H3/t17-,18-,21-,25-,26-,27+,28-,29-,30-,35-,39+,41+/m0/s1. The number of hydrogen-bond donors (Lipinski definition) is 5. The number of ketones is 3. The van der Waals surface area contributed by atoms with Crippen LogP contribution in [0.5, 0.6) is 17.2 Å². The number of likely N-dealkylation sites (N-methyl/N-ethyl adjacent to an activating group) is 1. The summed E-state index contributed by atoms with van der Waals surface area (Å²) < 4.78 is 42.1. The van der Waals surface area contributed by atoms with E-state index in [-0.39, 0.29) is 60.8 Å². The summed E-state index contributed by atoms with van der Waals surface area (Å²) in [5.41, 5.74) is -3.57. The smallest absolute Gasteiger partial charge is 0.316 e. The molecule has 17 heteroatoms. The van der Waals surface area contributed by atoms with Gasteiger partial charge in [0.05, 0.1) is 54.3 Å². The quantitative estimate of drug-likeness (QED) is 0.154. The Hall–Kier alpha value is -4.04. The van der Waals surface area contributed by atoms with E-state index >= 15 is 0 Å². The number of phenolic OH excluding ortho intramolecular Hbond substituents is 3. The number of hydrogen-bond acceptors (Lipinski definition) is 17. The van der Waals surface area contributed by atoms with E-state index in [0.29, 0.717) is 12.8 Å². The molecule has 3 aliphatic heterocycles. The number of aliphatic hydroxyl groups excluding tert-OH is 1. The molecule has 3 heterocycles. The third-order valence-electron chi connectivity index (χ3n) is 12.2. The molecule has 12 atom stereocenters. The number of aliphatic hydroxyl groups is 2. The highest BCUT2D eigenvalue weighted by Gasteiger charge is 2.53. The number of carbonyl (C=O) groups is 4. The summed E-state index contributed by atoms with van der Waals surface area (Å²) in [5, 5.41) is 56.2. The molecule has 0 aromatic heterocycles. The van der Waals surface area contributed by atoms with Crippen LogP contribution in [0.25, 0.3) is 0 Å². The van der Waals surface area contributed by atoms with Crippen molar-refractivity contribution in [1.82, 2.24) is 4.90 Å². The lowest BCUT2D eigenvalue weighted by atomic mass is 9.67. The molecule has 3 saturated heterocycles. The van der Waals surface area contributed by atoms with Crippen LogP contribution in [0, 0.1) is 0 Å². The zero-order chi connectivity index (χ0) is 42.0. The number of rotatable bonds is 9. The molecule has 0 spiro atoms. The summed E-state index contributed by atoms with van der Waals surface area (Å²) in [5.74, 6) is -5.89. The lowest BCUT2D eigenvalue weighted by Crippen LogP contribution is -2.57. The Morgan fingerprint density at radius 1 is 0.931 bits per heavy atom. The number of nitrogens with zero attached hydrogens (tertiary/aromatic N) is 1. The predicted octanol–water partition coefficient (Wildman–Crippen LogP) is 2.47. The van der Waals surface area contributed by atoms with Crippen molar-refractivity contribution in [3.05, 3.63) is 51.6 Å². The fourth-order valence-corrected chi connectivity index (χ4v) is 9.00. The number of ether oxygens (including phenoxy) is 7.